The van der Waals surface area contributed by atoms with Crippen LogP contribution in [0.1, 0.15) is 42.1 Å². The molecule has 1 aromatic heterocycles. The zero-order valence-electron chi connectivity index (χ0n) is 13.2. The first-order valence-electron chi connectivity index (χ1n) is 8.01. The summed E-state index contributed by atoms with van der Waals surface area (Å²) in [5.41, 5.74) is 7.07. The number of nitrogens with two attached hydrogens (primary N) is 1. The maximum Gasteiger partial charge on any atom is 0.337 e. The van der Waals surface area contributed by atoms with Gasteiger partial charge in [-0.1, -0.05) is 18.2 Å². The molecular weight excluding hydrogens is 328 g/mol. The number of halogens is 1. The molecule has 4 N–H and O–H groups in total. The van der Waals surface area contributed by atoms with Crippen molar-refractivity contribution in [3.63, 3.8) is 0 Å². The molecule has 2 unspecified atom stereocenters. The van der Waals surface area contributed by atoms with Crippen molar-refractivity contribution in [2.24, 2.45) is 5.73 Å². The minimum Gasteiger partial charge on any atom is -0.478 e. The quantitative estimate of drug-likeness (QED) is 0.574. The average molecular weight is 349 g/mol. The number of benzene rings is 1. The van der Waals surface area contributed by atoms with E-state index in [1.807, 2.05) is 29.2 Å². The van der Waals surface area contributed by atoms with E-state index in [1.54, 1.807) is 6.20 Å². The number of hydrogen-bond acceptors (Lipinski definition) is 2. The number of carboxylic acid groups (broad SMARTS) is 1. The molecule has 2 aromatic rings. The molecule has 0 radical (unpaired) electrons. The first-order chi connectivity index (χ1) is 11.1. The highest BCUT2D eigenvalue weighted by Gasteiger charge is 2.42. The third-order valence-corrected chi connectivity index (χ3v) is 5.35. The molecule has 0 amide bonds. The van der Waals surface area contributed by atoms with Gasteiger partial charge in [0, 0.05) is 35.2 Å². The number of fused-ring (bicyclic) bond motifs is 3. The van der Waals surface area contributed by atoms with E-state index in [0.29, 0.717) is 17.6 Å². The van der Waals surface area contributed by atoms with Crippen molar-refractivity contribution in [2.45, 2.75) is 43.8 Å². The molecule has 0 spiro atoms. The van der Waals surface area contributed by atoms with Gasteiger partial charge in [-0.2, -0.15) is 0 Å². The normalized spacial score (nSPS) is 25.5. The van der Waals surface area contributed by atoms with Crippen molar-refractivity contribution >= 4 is 35.2 Å². The highest BCUT2D eigenvalue weighted by molar-refractivity contribution is 6.03. The second kappa shape index (κ2) is 6.02. The number of aromatic carboxylic acids is 1. The van der Waals surface area contributed by atoms with Gasteiger partial charge in [-0.3, -0.25) is 5.41 Å². The van der Waals surface area contributed by atoms with Crippen molar-refractivity contribution in [1.82, 2.24) is 9.47 Å². The van der Waals surface area contributed by atoms with E-state index < -0.39 is 5.97 Å². The lowest BCUT2D eigenvalue weighted by atomic mass is 9.97. The molecule has 2 aliphatic heterocycles. The molecule has 2 saturated heterocycles. The Morgan fingerprint density at radius 2 is 1.79 bits per heavy atom. The van der Waals surface area contributed by atoms with Crippen LogP contribution in [-0.4, -0.2) is 38.6 Å². The molecule has 6 nitrogen and oxygen atoms in total. The van der Waals surface area contributed by atoms with Crippen molar-refractivity contribution in [3.8, 4) is 0 Å². The number of nitrogens with one attached hydrogen (secondary N) is 1. The number of guanidine groups is 1. The monoisotopic (exact) mass is 348 g/mol. The van der Waals surface area contributed by atoms with Crippen LogP contribution in [0.25, 0.3) is 10.9 Å². The van der Waals surface area contributed by atoms with Crippen LogP contribution < -0.4 is 5.73 Å². The van der Waals surface area contributed by atoms with Crippen LogP contribution in [0.15, 0.2) is 30.5 Å². The second-order valence-corrected chi connectivity index (χ2v) is 6.58. The number of para-hydroxylation sites is 1. The van der Waals surface area contributed by atoms with Crippen LogP contribution in [0.5, 0.6) is 0 Å². The van der Waals surface area contributed by atoms with Gasteiger partial charge in [-0.15, -0.1) is 12.4 Å². The van der Waals surface area contributed by atoms with Gasteiger partial charge in [-0.25, -0.2) is 4.79 Å². The third-order valence-electron chi connectivity index (χ3n) is 5.35. The Kier molecular flexibility index (Phi) is 4.17. The molecule has 2 atom stereocenters. The van der Waals surface area contributed by atoms with E-state index in [0.717, 1.165) is 36.6 Å². The molecule has 1 aromatic carbocycles. The summed E-state index contributed by atoms with van der Waals surface area (Å²) < 4.78 is 2.13. The molecule has 128 valence electrons. The van der Waals surface area contributed by atoms with Gasteiger partial charge in [0.25, 0.3) is 0 Å². The van der Waals surface area contributed by atoms with Crippen LogP contribution >= 0.6 is 12.4 Å². The third kappa shape index (κ3) is 2.41. The molecule has 3 heterocycles. The highest BCUT2D eigenvalue weighted by Crippen LogP contribution is 2.42. The van der Waals surface area contributed by atoms with Crippen LogP contribution in [0, 0.1) is 5.41 Å². The minimum absolute atomic E-state index is 0. The molecule has 0 saturated carbocycles. The summed E-state index contributed by atoms with van der Waals surface area (Å²) in [7, 11) is 0. The maximum atomic E-state index is 11.5. The van der Waals surface area contributed by atoms with Crippen LogP contribution in [0.3, 0.4) is 0 Å². The summed E-state index contributed by atoms with van der Waals surface area (Å²) in [6, 6.07) is 8.54. The zero-order valence-corrected chi connectivity index (χ0v) is 14.0. The molecule has 4 rings (SSSR count). The SMILES string of the molecule is Cl.N=C(N)N1C2CCC1CC(n1cc(C(=O)O)c3ccccc31)C2. The van der Waals surface area contributed by atoms with Crippen molar-refractivity contribution < 1.29 is 9.90 Å². The van der Waals surface area contributed by atoms with E-state index in [1.165, 1.54) is 0 Å². The number of rotatable bonds is 2. The van der Waals surface area contributed by atoms with Crippen molar-refractivity contribution in [2.75, 3.05) is 0 Å². The van der Waals surface area contributed by atoms with Gasteiger partial charge in [0.05, 0.1) is 5.56 Å². The molecule has 2 aliphatic rings. The summed E-state index contributed by atoms with van der Waals surface area (Å²) >= 11 is 0. The Morgan fingerprint density at radius 1 is 1.17 bits per heavy atom. The summed E-state index contributed by atoms with van der Waals surface area (Å²) in [6.07, 6.45) is 5.72. The molecule has 7 heteroatoms. The second-order valence-electron chi connectivity index (χ2n) is 6.58. The molecule has 24 heavy (non-hydrogen) atoms. The largest absolute Gasteiger partial charge is 0.478 e. The Labute approximate surface area is 146 Å². The first kappa shape index (κ1) is 16.6. The Bertz CT molecular complexity index is 789. The summed E-state index contributed by atoms with van der Waals surface area (Å²) in [4.78, 5) is 13.6. The van der Waals surface area contributed by atoms with E-state index in [-0.39, 0.29) is 24.4 Å². The lowest BCUT2D eigenvalue weighted by Crippen LogP contribution is -2.49. The van der Waals surface area contributed by atoms with E-state index in [4.69, 9.17) is 11.1 Å². The number of nitrogens with zero attached hydrogens (tertiary/aromatic N) is 2. The fourth-order valence-corrected chi connectivity index (χ4v) is 4.45. The topological polar surface area (TPSA) is 95.3 Å². The molecule has 0 aliphatic carbocycles. The average Bonchev–Trinajstić information content (AvgIpc) is 3.03. The predicted octanol–water partition coefficient (Wildman–Crippen LogP) is 2.82. The number of carboxylic acids is 1. The summed E-state index contributed by atoms with van der Waals surface area (Å²) in [5, 5.41) is 18.0. The Hall–Kier alpha value is -2.21. The number of hydrogen-bond donors (Lipinski definition) is 3. The van der Waals surface area contributed by atoms with E-state index in [2.05, 4.69) is 4.57 Å². The van der Waals surface area contributed by atoms with Crippen molar-refractivity contribution in [3.05, 3.63) is 36.0 Å². The van der Waals surface area contributed by atoms with E-state index in [9.17, 15) is 9.90 Å². The van der Waals surface area contributed by atoms with Crippen LogP contribution in [-0.2, 0) is 0 Å². The van der Waals surface area contributed by atoms with Gasteiger partial charge in [-0.05, 0) is 31.7 Å². The van der Waals surface area contributed by atoms with Gasteiger partial charge in [0.1, 0.15) is 0 Å². The summed E-state index contributed by atoms with van der Waals surface area (Å²) in [6.45, 7) is 0. The minimum atomic E-state index is -0.885. The van der Waals surface area contributed by atoms with Gasteiger partial charge < -0.3 is 20.3 Å². The lowest BCUT2D eigenvalue weighted by molar-refractivity contribution is 0.0698. The van der Waals surface area contributed by atoms with E-state index >= 15 is 0 Å². The maximum absolute atomic E-state index is 11.5. The van der Waals surface area contributed by atoms with Gasteiger partial charge >= 0.3 is 5.97 Å². The van der Waals surface area contributed by atoms with Crippen molar-refractivity contribution in [1.29, 1.82) is 5.41 Å². The van der Waals surface area contributed by atoms with Gasteiger partial charge in [0.15, 0.2) is 5.96 Å². The first-order valence-corrected chi connectivity index (χ1v) is 8.01. The number of aromatic nitrogens is 1. The smallest absolute Gasteiger partial charge is 0.337 e. The molecule has 2 fully saturated rings. The summed E-state index contributed by atoms with van der Waals surface area (Å²) in [5.74, 6) is -0.719. The number of piperidine rings is 1. The zero-order chi connectivity index (χ0) is 16.1. The molecule has 2 bridgehead atoms. The predicted molar refractivity (Wildman–Crippen MR) is 95.0 cm³/mol. The Morgan fingerprint density at radius 3 is 2.38 bits per heavy atom. The van der Waals surface area contributed by atoms with Crippen LogP contribution in [0.4, 0.5) is 0 Å². The number of carbonyl (C=O) groups is 1. The molecular formula is C17H21ClN4O2. The van der Waals surface area contributed by atoms with Gasteiger partial charge in [0.2, 0.25) is 0 Å². The van der Waals surface area contributed by atoms with Crippen LogP contribution in [0.2, 0.25) is 0 Å². The highest BCUT2D eigenvalue weighted by atomic mass is 35.5. The standard InChI is InChI=1S/C17H20N4O2.ClH/c18-17(19)21-10-5-6-11(21)8-12(7-10)20-9-14(16(22)23)13-3-1-2-4-15(13)20;/h1-4,9-12H,5-8H2,(H3,18,19)(H,22,23);1H. The Balaban J connectivity index is 0.00000169. The fraction of sp³-hybridized carbons (Fsp3) is 0.412. The lowest BCUT2D eigenvalue weighted by Gasteiger charge is -2.40. The fourth-order valence-electron chi connectivity index (χ4n) is 4.45.